The molecule has 2 heterocycles. The molecule has 2 atom stereocenters. The topological polar surface area (TPSA) is 72.9 Å². The zero-order valence-electron chi connectivity index (χ0n) is 15.5. The van der Waals surface area contributed by atoms with Gasteiger partial charge in [-0.2, -0.15) is 0 Å². The molecule has 2 aliphatic rings. The first-order valence-electron chi connectivity index (χ1n) is 9.47. The lowest BCUT2D eigenvalue weighted by Crippen LogP contribution is -2.53. The maximum Gasteiger partial charge on any atom is 0.317 e. The molecule has 1 aromatic carbocycles. The molecule has 0 saturated carbocycles. The number of aliphatic hydroxyl groups is 1. The van der Waals surface area contributed by atoms with E-state index in [2.05, 4.69) is 17.4 Å². The number of urea groups is 1. The van der Waals surface area contributed by atoms with Crippen LogP contribution in [0.4, 0.5) is 4.79 Å². The van der Waals surface area contributed by atoms with Crippen molar-refractivity contribution in [2.75, 3.05) is 32.8 Å². The molecule has 2 N–H and O–H groups in total. The van der Waals surface area contributed by atoms with E-state index < -0.39 is 0 Å². The van der Waals surface area contributed by atoms with Gasteiger partial charge in [0.2, 0.25) is 5.91 Å². The summed E-state index contributed by atoms with van der Waals surface area (Å²) in [5.41, 5.74) is 0.912. The van der Waals surface area contributed by atoms with E-state index >= 15 is 0 Å². The molecule has 1 aromatic rings. The predicted octanol–water partition coefficient (Wildman–Crippen LogP) is 1.63. The van der Waals surface area contributed by atoms with E-state index in [0.717, 1.165) is 25.7 Å². The fraction of sp³-hybridized carbons (Fsp3) is 0.600. The molecule has 0 spiro atoms. The van der Waals surface area contributed by atoms with Gasteiger partial charge < -0.3 is 20.2 Å². The first-order chi connectivity index (χ1) is 12.5. The van der Waals surface area contributed by atoms with E-state index in [0.29, 0.717) is 26.2 Å². The van der Waals surface area contributed by atoms with Crippen LogP contribution in [-0.2, 0) is 11.2 Å². The number of carbonyl (C=O) groups is 2. The highest BCUT2D eigenvalue weighted by Gasteiger charge is 2.37. The van der Waals surface area contributed by atoms with Crippen molar-refractivity contribution in [1.82, 2.24) is 15.1 Å². The number of amides is 3. The average Bonchev–Trinajstić information content (AvgIpc) is 3.11. The van der Waals surface area contributed by atoms with Gasteiger partial charge in [0.25, 0.3) is 0 Å². The van der Waals surface area contributed by atoms with Crippen LogP contribution < -0.4 is 5.32 Å². The van der Waals surface area contributed by atoms with Gasteiger partial charge in [0.05, 0.1) is 6.61 Å². The maximum absolute atomic E-state index is 12.7. The summed E-state index contributed by atoms with van der Waals surface area (Å²) in [7, 11) is 0. The van der Waals surface area contributed by atoms with Crippen LogP contribution in [0.25, 0.3) is 0 Å². The summed E-state index contributed by atoms with van der Waals surface area (Å²) in [6, 6.07) is 10.1. The van der Waals surface area contributed by atoms with Gasteiger partial charge in [-0.15, -0.1) is 0 Å². The van der Waals surface area contributed by atoms with Crippen molar-refractivity contribution in [1.29, 1.82) is 0 Å². The molecule has 1 unspecified atom stereocenters. The van der Waals surface area contributed by atoms with Crippen molar-refractivity contribution >= 4 is 11.9 Å². The number of likely N-dealkylation sites (tertiary alicyclic amines) is 2. The second-order valence-corrected chi connectivity index (χ2v) is 7.75. The van der Waals surface area contributed by atoms with Crippen LogP contribution in [0.1, 0.15) is 31.7 Å². The van der Waals surface area contributed by atoms with Gasteiger partial charge in [0.15, 0.2) is 0 Å². The molecule has 142 valence electrons. The highest BCUT2D eigenvalue weighted by Crippen LogP contribution is 2.33. The molecule has 26 heavy (non-hydrogen) atoms. The highest BCUT2D eigenvalue weighted by molar-refractivity contribution is 5.76. The second kappa shape index (κ2) is 8.08. The molecule has 6 heteroatoms. The van der Waals surface area contributed by atoms with Crippen LogP contribution in [0.15, 0.2) is 30.3 Å². The number of benzene rings is 1. The Morgan fingerprint density at radius 1 is 1.23 bits per heavy atom. The summed E-state index contributed by atoms with van der Waals surface area (Å²) in [6.07, 6.45) is 3.39. The minimum atomic E-state index is -0.280. The van der Waals surface area contributed by atoms with Crippen molar-refractivity contribution in [2.24, 2.45) is 5.41 Å². The molecule has 0 aliphatic carbocycles. The van der Waals surface area contributed by atoms with E-state index in [1.807, 2.05) is 23.1 Å². The molecule has 2 saturated heterocycles. The number of nitrogens with one attached hydrogen (secondary N) is 1. The van der Waals surface area contributed by atoms with Crippen molar-refractivity contribution < 1.29 is 14.7 Å². The minimum absolute atomic E-state index is 0.0194. The molecule has 0 aromatic heterocycles. The molecule has 3 amide bonds. The summed E-state index contributed by atoms with van der Waals surface area (Å²) >= 11 is 0. The number of hydrogen-bond donors (Lipinski definition) is 2. The van der Waals surface area contributed by atoms with Crippen molar-refractivity contribution in [3.8, 4) is 0 Å². The van der Waals surface area contributed by atoms with Crippen LogP contribution in [0.3, 0.4) is 0 Å². The third-order valence-electron chi connectivity index (χ3n) is 5.67. The molecule has 0 bridgehead atoms. The Bertz CT molecular complexity index is 636. The number of hydrogen-bond acceptors (Lipinski definition) is 3. The minimum Gasteiger partial charge on any atom is -0.396 e. The van der Waals surface area contributed by atoms with Crippen LogP contribution in [0.5, 0.6) is 0 Å². The van der Waals surface area contributed by atoms with Gasteiger partial charge in [-0.25, -0.2) is 4.79 Å². The zero-order valence-corrected chi connectivity index (χ0v) is 15.5. The number of piperidine rings is 1. The molecule has 0 radical (unpaired) electrons. The molecule has 6 nitrogen and oxygen atoms in total. The van der Waals surface area contributed by atoms with Gasteiger partial charge in [-0.1, -0.05) is 30.3 Å². The summed E-state index contributed by atoms with van der Waals surface area (Å²) < 4.78 is 0. The van der Waals surface area contributed by atoms with Gasteiger partial charge in [-0.3, -0.25) is 4.79 Å². The standard InChI is InChI=1S/C20H29N3O3/c1-16(25)22-11-8-18(13-22)21-19(26)23-10-5-9-20(14-23,15-24)12-17-6-3-2-4-7-17/h2-4,6-7,18,24H,5,8-15H2,1H3,(H,21,26)/t18-,20?/m1/s1. The van der Waals surface area contributed by atoms with Crippen molar-refractivity contribution in [3.05, 3.63) is 35.9 Å². The Morgan fingerprint density at radius 3 is 2.65 bits per heavy atom. The average molecular weight is 359 g/mol. The molecular formula is C20H29N3O3. The Kier molecular flexibility index (Phi) is 5.81. The van der Waals surface area contributed by atoms with E-state index in [1.54, 1.807) is 11.8 Å². The Labute approximate surface area is 155 Å². The SMILES string of the molecule is CC(=O)N1CC[C@@H](NC(=O)N2CCCC(CO)(Cc3ccccc3)C2)C1. The fourth-order valence-corrected chi connectivity index (χ4v) is 4.17. The van der Waals surface area contributed by atoms with Gasteiger partial charge in [-0.05, 0) is 31.2 Å². The number of nitrogens with zero attached hydrogens (tertiary/aromatic N) is 2. The summed E-state index contributed by atoms with van der Waals surface area (Å²) in [4.78, 5) is 27.8. The lowest BCUT2D eigenvalue weighted by Gasteiger charge is -2.42. The lowest BCUT2D eigenvalue weighted by atomic mass is 9.76. The van der Waals surface area contributed by atoms with Crippen LogP contribution in [0, 0.1) is 5.41 Å². The Hall–Kier alpha value is -2.08. The lowest BCUT2D eigenvalue weighted by molar-refractivity contribution is -0.127. The number of carbonyl (C=O) groups excluding carboxylic acids is 2. The smallest absolute Gasteiger partial charge is 0.317 e. The van der Waals surface area contributed by atoms with E-state index in [9.17, 15) is 14.7 Å². The first kappa shape index (κ1) is 18.7. The molecule has 2 fully saturated rings. The summed E-state index contributed by atoms with van der Waals surface area (Å²) in [6.45, 7) is 4.21. The zero-order chi connectivity index (χ0) is 18.6. The second-order valence-electron chi connectivity index (χ2n) is 7.75. The molecule has 3 rings (SSSR count). The molecular weight excluding hydrogens is 330 g/mol. The first-order valence-corrected chi connectivity index (χ1v) is 9.47. The summed E-state index contributed by atoms with van der Waals surface area (Å²) in [5, 5.41) is 13.2. The Morgan fingerprint density at radius 2 is 2.00 bits per heavy atom. The third-order valence-corrected chi connectivity index (χ3v) is 5.67. The van der Waals surface area contributed by atoms with Gasteiger partial charge in [0, 0.05) is 44.6 Å². The Balaban J connectivity index is 1.60. The maximum atomic E-state index is 12.7. The predicted molar refractivity (Wildman–Crippen MR) is 99.7 cm³/mol. The highest BCUT2D eigenvalue weighted by atomic mass is 16.3. The van der Waals surface area contributed by atoms with Crippen LogP contribution >= 0.6 is 0 Å². The number of aliphatic hydroxyl groups excluding tert-OH is 1. The van der Waals surface area contributed by atoms with Crippen molar-refractivity contribution in [3.63, 3.8) is 0 Å². The van der Waals surface area contributed by atoms with Gasteiger partial charge in [0.1, 0.15) is 0 Å². The van der Waals surface area contributed by atoms with Crippen LogP contribution in [0.2, 0.25) is 0 Å². The number of rotatable bonds is 4. The quantitative estimate of drug-likeness (QED) is 0.858. The fourth-order valence-electron chi connectivity index (χ4n) is 4.17. The third kappa shape index (κ3) is 4.36. The monoisotopic (exact) mass is 359 g/mol. The van der Waals surface area contributed by atoms with Gasteiger partial charge >= 0.3 is 6.03 Å². The molecule has 2 aliphatic heterocycles. The normalized spacial score (nSPS) is 26.0. The van der Waals surface area contributed by atoms with E-state index in [4.69, 9.17) is 0 Å². The summed E-state index contributed by atoms with van der Waals surface area (Å²) in [5.74, 6) is 0.0573. The van der Waals surface area contributed by atoms with E-state index in [-0.39, 0.29) is 30.0 Å². The van der Waals surface area contributed by atoms with Crippen LogP contribution in [-0.4, -0.2) is 65.7 Å². The van der Waals surface area contributed by atoms with E-state index in [1.165, 1.54) is 5.56 Å². The van der Waals surface area contributed by atoms with Crippen molar-refractivity contribution in [2.45, 2.75) is 38.6 Å². The largest absolute Gasteiger partial charge is 0.396 e.